The van der Waals surface area contributed by atoms with Crippen LogP contribution in [-0.2, 0) is 11.3 Å². The lowest BCUT2D eigenvalue weighted by Crippen LogP contribution is -2.33. The highest BCUT2D eigenvalue weighted by molar-refractivity contribution is 7.12. The molecule has 4 aromatic rings. The summed E-state index contributed by atoms with van der Waals surface area (Å²) in [5, 5.41) is 10.2. The zero-order valence-corrected chi connectivity index (χ0v) is 16.9. The largest absolute Gasteiger partial charge is 0.296 e. The lowest BCUT2D eigenvalue weighted by Gasteiger charge is -2.21. The Labute approximate surface area is 174 Å². The molecule has 0 fully saturated rings. The summed E-state index contributed by atoms with van der Waals surface area (Å²) in [5.74, 6) is -0.214. The van der Waals surface area contributed by atoms with Crippen LogP contribution in [0.15, 0.2) is 75.4 Å². The third kappa shape index (κ3) is 3.30. The first-order chi connectivity index (χ1) is 14.2. The van der Waals surface area contributed by atoms with Crippen molar-refractivity contribution in [3.8, 4) is 0 Å². The number of hydrazone groups is 1. The van der Waals surface area contributed by atoms with Crippen molar-refractivity contribution in [3.05, 3.63) is 85.6 Å². The molecule has 0 spiro atoms. The van der Waals surface area contributed by atoms with Gasteiger partial charge in [0.25, 0.3) is 11.5 Å². The van der Waals surface area contributed by atoms with Gasteiger partial charge in [0.2, 0.25) is 0 Å². The number of rotatable bonds is 4. The molecule has 1 amide bonds. The van der Waals surface area contributed by atoms with Crippen LogP contribution in [0.2, 0.25) is 0 Å². The second kappa shape index (κ2) is 7.38. The predicted molar refractivity (Wildman–Crippen MR) is 115 cm³/mol. The van der Waals surface area contributed by atoms with Crippen LogP contribution in [0, 0.1) is 0 Å². The number of carbonyl (C=O) groups excluding carboxylic acids is 1. The molecule has 3 aromatic heterocycles. The fourth-order valence-corrected chi connectivity index (χ4v) is 5.05. The first-order valence-corrected chi connectivity index (χ1v) is 10.9. The highest BCUT2D eigenvalue weighted by Gasteiger charge is 2.34. The molecular formula is C21H16N4O2S2. The Bertz CT molecular complexity index is 1260. The molecule has 0 N–H and O–H groups in total. The molecule has 1 aromatic carbocycles. The summed E-state index contributed by atoms with van der Waals surface area (Å²) >= 11 is 3.22. The van der Waals surface area contributed by atoms with E-state index in [1.54, 1.807) is 33.7 Å². The first kappa shape index (κ1) is 18.0. The van der Waals surface area contributed by atoms with E-state index in [2.05, 4.69) is 10.1 Å². The summed E-state index contributed by atoms with van der Waals surface area (Å²) in [6.45, 7) is -0.0784. The Morgan fingerprint density at radius 2 is 1.90 bits per heavy atom. The molecule has 0 aliphatic carbocycles. The minimum atomic E-state index is -0.300. The van der Waals surface area contributed by atoms with E-state index in [0.29, 0.717) is 17.5 Å². The van der Waals surface area contributed by atoms with Gasteiger partial charge in [-0.15, -0.1) is 22.7 Å². The minimum Gasteiger partial charge on any atom is -0.296 e. The summed E-state index contributed by atoms with van der Waals surface area (Å²) in [7, 11) is 0. The number of nitrogens with zero attached hydrogens (tertiary/aromatic N) is 4. The highest BCUT2D eigenvalue weighted by atomic mass is 32.1. The zero-order valence-electron chi connectivity index (χ0n) is 15.3. The Morgan fingerprint density at radius 3 is 2.69 bits per heavy atom. The number of aromatic nitrogens is 2. The van der Waals surface area contributed by atoms with Crippen molar-refractivity contribution >= 4 is 45.3 Å². The molecule has 0 radical (unpaired) electrons. The highest BCUT2D eigenvalue weighted by Crippen LogP contribution is 2.36. The Hall–Kier alpha value is -3.10. The normalized spacial score (nSPS) is 16.3. The molecule has 6 nitrogen and oxygen atoms in total. The number of thiophene rings is 2. The quantitative estimate of drug-likeness (QED) is 0.503. The third-order valence-electron chi connectivity index (χ3n) is 4.89. The van der Waals surface area contributed by atoms with Crippen LogP contribution < -0.4 is 5.56 Å². The summed E-state index contributed by atoms with van der Waals surface area (Å²) in [6, 6.07) is 15.2. The molecule has 8 heteroatoms. The average molecular weight is 421 g/mol. The second-order valence-corrected chi connectivity index (χ2v) is 8.60. The number of fused-ring (bicyclic) bond motifs is 1. The van der Waals surface area contributed by atoms with E-state index in [1.807, 2.05) is 53.2 Å². The van der Waals surface area contributed by atoms with Gasteiger partial charge in [0.05, 0.1) is 33.9 Å². The molecule has 0 unspecified atom stereocenters. The van der Waals surface area contributed by atoms with Crippen LogP contribution >= 0.6 is 22.7 Å². The van der Waals surface area contributed by atoms with Gasteiger partial charge in [0, 0.05) is 11.3 Å². The maximum atomic E-state index is 13.3. The molecule has 1 aliphatic rings. The maximum Gasteiger partial charge on any atom is 0.269 e. The zero-order chi connectivity index (χ0) is 19.8. The van der Waals surface area contributed by atoms with Crippen LogP contribution in [0.1, 0.15) is 22.2 Å². The molecule has 0 bridgehead atoms. The van der Waals surface area contributed by atoms with E-state index < -0.39 is 0 Å². The molecule has 0 saturated heterocycles. The van der Waals surface area contributed by atoms with Gasteiger partial charge in [0.1, 0.15) is 6.54 Å². The van der Waals surface area contributed by atoms with Crippen molar-refractivity contribution in [1.29, 1.82) is 0 Å². The van der Waals surface area contributed by atoms with Crippen molar-refractivity contribution in [3.63, 3.8) is 0 Å². The molecule has 5 rings (SSSR count). The van der Waals surface area contributed by atoms with Crippen LogP contribution in [-0.4, -0.2) is 26.2 Å². The number of hydrogen-bond donors (Lipinski definition) is 0. The predicted octanol–water partition coefficient (Wildman–Crippen LogP) is 3.90. The number of benzene rings is 1. The van der Waals surface area contributed by atoms with Crippen molar-refractivity contribution in [2.24, 2.45) is 5.10 Å². The Morgan fingerprint density at radius 1 is 1.07 bits per heavy atom. The van der Waals surface area contributed by atoms with Crippen LogP contribution in [0.25, 0.3) is 11.0 Å². The van der Waals surface area contributed by atoms with Crippen molar-refractivity contribution in [1.82, 2.24) is 14.6 Å². The van der Waals surface area contributed by atoms with Crippen LogP contribution in [0.5, 0.6) is 0 Å². The van der Waals surface area contributed by atoms with E-state index in [1.165, 1.54) is 10.8 Å². The van der Waals surface area contributed by atoms with E-state index in [9.17, 15) is 9.59 Å². The van der Waals surface area contributed by atoms with E-state index in [4.69, 9.17) is 0 Å². The third-order valence-corrected chi connectivity index (χ3v) is 6.78. The summed E-state index contributed by atoms with van der Waals surface area (Å²) in [6.07, 6.45) is 1.93. The van der Waals surface area contributed by atoms with E-state index in [0.717, 1.165) is 15.5 Å². The maximum absolute atomic E-state index is 13.3. The van der Waals surface area contributed by atoms with Crippen LogP contribution in [0.4, 0.5) is 0 Å². The van der Waals surface area contributed by atoms with Gasteiger partial charge in [-0.25, -0.2) is 9.99 Å². The van der Waals surface area contributed by atoms with Crippen LogP contribution in [0.3, 0.4) is 0 Å². The smallest absolute Gasteiger partial charge is 0.269 e. The van der Waals surface area contributed by atoms with E-state index >= 15 is 0 Å². The topological polar surface area (TPSA) is 67.6 Å². The molecule has 1 aliphatic heterocycles. The van der Waals surface area contributed by atoms with Crippen molar-refractivity contribution in [2.45, 2.75) is 19.0 Å². The number of hydrogen-bond acceptors (Lipinski definition) is 6. The lowest BCUT2D eigenvalue weighted by molar-refractivity contribution is -0.133. The fraction of sp³-hybridized carbons (Fsp3) is 0.143. The van der Waals surface area contributed by atoms with Gasteiger partial charge < -0.3 is 0 Å². The second-order valence-electron chi connectivity index (χ2n) is 6.67. The molecule has 144 valence electrons. The van der Waals surface area contributed by atoms with E-state index in [-0.39, 0.29) is 24.1 Å². The van der Waals surface area contributed by atoms with Gasteiger partial charge >= 0.3 is 0 Å². The monoisotopic (exact) mass is 420 g/mol. The molecular weight excluding hydrogens is 404 g/mol. The number of para-hydroxylation sites is 2. The Balaban J connectivity index is 1.52. The van der Waals surface area contributed by atoms with Gasteiger partial charge in [-0.3, -0.25) is 14.2 Å². The lowest BCUT2D eigenvalue weighted by atomic mass is 10.1. The number of carbonyl (C=O) groups is 1. The first-order valence-electron chi connectivity index (χ1n) is 9.12. The summed E-state index contributed by atoms with van der Waals surface area (Å²) < 4.78 is 1.47. The Kier molecular flexibility index (Phi) is 4.57. The fourth-order valence-electron chi connectivity index (χ4n) is 3.52. The van der Waals surface area contributed by atoms with Gasteiger partial charge in [-0.05, 0) is 35.0 Å². The minimum absolute atomic E-state index is 0.0784. The molecule has 29 heavy (non-hydrogen) atoms. The summed E-state index contributed by atoms with van der Waals surface area (Å²) in [4.78, 5) is 32.0. The SMILES string of the molecule is O=C(Cn1c(=O)cnc2ccccc21)N1N=C(c2cccs2)C[C@@H]1c1cccs1. The van der Waals surface area contributed by atoms with Gasteiger partial charge in [-0.2, -0.15) is 5.10 Å². The number of amides is 1. The summed E-state index contributed by atoms with van der Waals surface area (Å²) in [5.41, 5.74) is 1.92. The van der Waals surface area contributed by atoms with Crippen molar-refractivity contribution in [2.75, 3.05) is 0 Å². The molecule has 0 saturated carbocycles. The molecule has 4 heterocycles. The molecule has 1 atom stereocenters. The van der Waals surface area contributed by atoms with Gasteiger partial charge in [0.15, 0.2) is 0 Å². The standard InChI is InChI=1S/C21H16N4O2S2/c26-20-12-22-14-5-1-2-6-16(14)24(20)13-21(27)25-17(19-8-4-10-29-19)11-15(23-25)18-7-3-9-28-18/h1-10,12,17H,11,13H2/t17-/m1/s1. The average Bonchev–Trinajstić information content (AvgIpc) is 3.49. The van der Waals surface area contributed by atoms with Crippen molar-refractivity contribution < 1.29 is 4.79 Å². The van der Waals surface area contributed by atoms with Gasteiger partial charge in [-0.1, -0.05) is 24.3 Å².